The van der Waals surface area contributed by atoms with Crippen molar-refractivity contribution in [1.82, 2.24) is 25.2 Å². The van der Waals surface area contributed by atoms with E-state index in [9.17, 15) is 8.78 Å². The van der Waals surface area contributed by atoms with E-state index in [1.54, 1.807) is 6.07 Å². The van der Waals surface area contributed by atoms with E-state index < -0.39 is 23.3 Å². The van der Waals surface area contributed by atoms with Crippen LogP contribution in [0.3, 0.4) is 0 Å². The lowest BCUT2D eigenvalue weighted by Gasteiger charge is -2.54. The number of nitrogens with one attached hydrogen (secondary N) is 1. The van der Waals surface area contributed by atoms with Gasteiger partial charge in [-0.25, -0.2) is 18.2 Å². The summed E-state index contributed by atoms with van der Waals surface area (Å²) in [5, 5.41) is 4.30. The van der Waals surface area contributed by atoms with Crippen molar-refractivity contribution in [2.75, 3.05) is 50.0 Å². The highest BCUT2D eigenvalue weighted by molar-refractivity contribution is 7.22. The van der Waals surface area contributed by atoms with Gasteiger partial charge in [-0.15, -0.1) is 0 Å². The average Bonchev–Trinajstić information content (AvgIpc) is 3.57. The maximum absolute atomic E-state index is 16.8. The molecule has 0 aliphatic carbocycles. The minimum absolute atomic E-state index is 0.0548. The van der Waals surface area contributed by atoms with Crippen LogP contribution in [0.5, 0.6) is 6.01 Å². The maximum atomic E-state index is 16.8. The molecule has 0 amide bonds. The summed E-state index contributed by atoms with van der Waals surface area (Å²) < 4.78 is 52.5. The van der Waals surface area contributed by atoms with E-state index in [0.29, 0.717) is 29.7 Å². The van der Waals surface area contributed by atoms with Crippen molar-refractivity contribution in [3.63, 3.8) is 0 Å². The van der Waals surface area contributed by atoms with E-state index in [1.165, 1.54) is 12.1 Å². The normalized spacial score (nSPS) is 27.3. The minimum atomic E-state index is -0.897. The van der Waals surface area contributed by atoms with E-state index in [0.717, 1.165) is 76.0 Å². The van der Waals surface area contributed by atoms with E-state index in [-0.39, 0.29) is 49.6 Å². The molecule has 44 heavy (non-hydrogen) atoms. The molecule has 6 heterocycles. The van der Waals surface area contributed by atoms with Crippen LogP contribution in [0.4, 0.5) is 24.1 Å². The Hall–Kier alpha value is -2.93. The van der Waals surface area contributed by atoms with Crippen LogP contribution in [0, 0.1) is 11.6 Å². The van der Waals surface area contributed by atoms with Gasteiger partial charge in [0.15, 0.2) is 10.9 Å². The molecule has 2 aromatic heterocycles. The Morgan fingerprint density at radius 3 is 2.80 bits per heavy atom. The molecule has 4 aromatic rings. The number of nitrogens with two attached hydrogens (primary N) is 1. The Balaban J connectivity index is 1.27. The number of nitrogens with zero attached hydrogens (tertiary/aromatic N) is 5. The molecule has 1 spiro atoms. The molecule has 0 bridgehead atoms. The second-order valence-electron chi connectivity index (χ2n) is 12.7. The zero-order valence-electron chi connectivity index (χ0n) is 24.1. The summed E-state index contributed by atoms with van der Waals surface area (Å²) in [5.41, 5.74) is 6.12. The van der Waals surface area contributed by atoms with Gasteiger partial charge < -0.3 is 20.7 Å². The summed E-state index contributed by atoms with van der Waals surface area (Å²) in [6.07, 6.45) is 5.30. The van der Waals surface area contributed by atoms with Gasteiger partial charge in [-0.05, 0) is 76.4 Å². The summed E-state index contributed by atoms with van der Waals surface area (Å²) in [7, 11) is 0. The van der Waals surface area contributed by atoms with Gasteiger partial charge >= 0.3 is 6.01 Å². The van der Waals surface area contributed by atoms with E-state index in [2.05, 4.69) is 25.1 Å². The summed E-state index contributed by atoms with van der Waals surface area (Å²) in [5.74, 6) is -0.564. The van der Waals surface area contributed by atoms with Crippen LogP contribution < -0.4 is 20.7 Å². The quantitative estimate of drug-likeness (QED) is 0.270. The Morgan fingerprint density at radius 1 is 1.07 bits per heavy atom. The fourth-order valence-corrected chi connectivity index (χ4v) is 9.08. The highest BCUT2D eigenvalue weighted by atomic mass is 35.5. The first kappa shape index (κ1) is 28.5. The number of nitrogen functional groups attached to an aromatic ring is 1. The largest absolute Gasteiger partial charge is 0.461 e. The highest BCUT2D eigenvalue weighted by Gasteiger charge is 2.50. The predicted molar refractivity (Wildman–Crippen MR) is 167 cm³/mol. The van der Waals surface area contributed by atoms with Crippen molar-refractivity contribution in [3.8, 4) is 17.1 Å². The van der Waals surface area contributed by atoms with Crippen LogP contribution in [-0.2, 0) is 0 Å². The topological polar surface area (TPSA) is 92.4 Å². The number of thiazole rings is 1. The van der Waals surface area contributed by atoms with Crippen molar-refractivity contribution in [2.45, 2.75) is 62.2 Å². The second-order valence-corrected chi connectivity index (χ2v) is 14.1. The lowest BCUT2D eigenvalue weighted by molar-refractivity contribution is 0.107. The standard InChI is InChI=1S/C31H33ClF3N7OS/c32-20-13-19-24(23(35)22(20)18-3-4-21(34)26-25(18)38-28(36)44-26)39-29(43-16-31-6-2-11-41(31)15-17(33)14-31)40-27(19)42-12-8-30(42)5-1-9-37-10-7-30/h3-4,13,17,37H,1-2,5-12,14-16H2,(H2,36,38)/t17-,30?,31+/m1/s1. The molecule has 4 fully saturated rings. The van der Waals surface area contributed by atoms with Gasteiger partial charge in [0.05, 0.1) is 20.8 Å². The molecule has 8 nitrogen and oxygen atoms in total. The monoisotopic (exact) mass is 643 g/mol. The molecule has 0 saturated carbocycles. The Labute approximate surface area is 261 Å². The molecule has 0 radical (unpaired) electrons. The lowest BCUT2D eigenvalue weighted by Crippen LogP contribution is -2.61. The molecule has 8 rings (SSSR count). The van der Waals surface area contributed by atoms with E-state index in [4.69, 9.17) is 27.1 Å². The Morgan fingerprint density at radius 2 is 1.95 bits per heavy atom. The predicted octanol–water partition coefficient (Wildman–Crippen LogP) is 6.10. The molecule has 4 saturated heterocycles. The Bertz CT molecular complexity index is 1780. The molecule has 4 aliphatic heterocycles. The first-order valence-corrected chi connectivity index (χ1v) is 16.5. The first-order chi connectivity index (χ1) is 21.3. The van der Waals surface area contributed by atoms with E-state index in [1.807, 2.05) is 0 Å². The van der Waals surface area contributed by atoms with Crippen LogP contribution in [0.15, 0.2) is 18.2 Å². The van der Waals surface area contributed by atoms with Crippen molar-refractivity contribution >= 4 is 55.0 Å². The van der Waals surface area contributed by atoms with Gasteiger partial charge in [-0.1, -0.05) is 22.9 Å². The Kier molecular flexibility index (Phi) is 6.86. The fraction of sp³-hybridized carbons (Fsp3) is 0.516. The smallest absolute Gasteiger partial charge is 0.319 e. The third kappa shape index (κ3) is 4.43. The number of halogens is 4. The van der Waals surface area contributed by atoms with Gasteiger partial charge in [-0.2, -0.15) is 9.97 Å². The molecular formula is C31H33ClF3N7OS. The van der Waals surface area contributed by atoms with Gasteiger partial charge in [0, 0.05) is 41.6 Å². The number of alkyl halides is 1. The first-order valence-electron chi connectivity index (χ1n) is 15.3. The number of hydrogen-bond donors (Lipinski definition) is 2. The lowest BCUT2D eigenvalue weighted by atomic mass is 9.78. The van der Waals surface area contributed by atoms with Gasteiger partial charge in [-0.3, -0.25) is 4.90 Å². The number of rotatable bonds is 5. The summed E-state index contributed by atoms with van der Waals surface area (Å²) in [4.78, 5) is 18.2. The maximum Gasteiger partial charge on any atom is 0.319 e. The summed E-state index contributed by atoms with van der Waals surface area (Å²) >= 11 is 7.85. The SMILES string of the molecule is Nc1nc2c(-c3c(Cl)cc4c(N5CCC56CCCNCC6)nc(OC[C@@]56CCCN5C[C@H](F)C6)nc4c3F)ccc(F)c2s1. The molecule has 1 unspecified atom stereocenters. The third-order valence-electron chi connectivity index (χ3n) is 10.2. The van der Waals surface area contributed by atoms with Gasteiger partial charge in [0.1, 0.15) is 29.9 Å². The third-order valence-corrected chi connectivity index (χ3v) is 11.4. The summed E-state index contributed by atoms with van der Waals surface area (Å²) in [6.45, 7) is 4.08. The van der Waals surface area contributed by atoms with Gasteiger partial charge in [0.2, 0.25) is 0 Å². The van der Waals surface area contributed by atoms with Crippen molar-refractivity contribution in [1.29, 1.82) is 0 Å². The van der Waals surface area contributed by atoms with Crippen LogP contribution in [-0.4, -0.2) is 76.4 Å². The molecule has 3 N–H and O–H groups in total. The van der Waals surface area contributed by atoms with Gasteiger partial charge in [0.25, 0.3) is 0 Å². The average molecular weight is 644 g/mol. The minimum Gasteiger partial charge on any atom is -0.461 e. The van der Waals surface area contributed by atoms with Crippen molar-refractivity contribution in [2.24, 2.45) is 0 Å². The van der Waals surface area contributed by atoms with Crippen molar-refractivity contribution in [3.05, 3.63) is 34.9 Å². The number of anilines is 2. The van der Waals surface area contributed by atoms with E-state index >= 15 is 4.39 Å². The number of ether oxygens (including phenoxy) is 1. The molecule has 232 valence electrons. The number of hydrogen-bond acceptors (Lipinski definition) is 9. The van der Waals surface area contributed by atoms with Crippen LogP contribution in [0.25, 0.3) is 32.2 Å². The van der Waals surface area contributed by atoms with Crippen LogP contribution in [0.1, 0.15) is 44.9 Å². The number of benzene rings is 2. The van der Waals surface area contributed by atoms with Crippen molar-refractivity contribution < 1.29 is 17.9 Å². The zero-order chi connectivity index (χ0) is 30.2. The number of aromatic nitrogens is 3. The second kappa shape index (κ2) is 10.6. The summed E-state index contributed by atoms with van der Waals surface area (Å²) in [6, 6.07) is 4.49. The van der Waals surface area contributed by atoms with Crippen LogP contribution in [0.2, 0.25) is 5.02 Å². The zero-order valence-corrected chi connectivity index (χ0v) is 25.7. The number of fused-ring (bicyclic) bond motifs is 3. The molecule has 3 atom stereocenters. The molecule has 4 aliphatic rings. The highest BCUT2D eigenvalue weighted by Crippen LogP contribution is 2.48. The molecule has 13 heteroatoms. The molecule has 2 aromatic carbocycles. The molecular weight excluding hydrogens is 611 g/mol. The fourth-order valence-electron chi connectivity index (χ4n) is 8.02. The van der Waals surface area contributed by atoms with Crippen LogP contribution >= 0.6 is 22.9 Å².